The van der Waals surface area contributed by atoms with E-state index in [1.165, 1.54) is 96.7 Å². The van der Waals surface area contributed by atoms with Gasteiger partial charge in [-0.3, -0.25) is 0 Å². The van der Waals surface area contributed by atoms with Crippen LogP contribution in [0.1, 0.15) is 84.0 Å². The molecule has 1 aliphatic heterocycles. The summed E-state index contributed by atoms with van der Waals surface area (Å²) in [5, 5.41) is 0. The van der Waals surface area contributed by atoms with E-state index in [2.05, 4.69) is 11.8 Å². The average molecular weight is 276 g/mol. The Morgan fingerprint density at radius 2 is 1.17 bits per heavy atom. The molecule has 1 nitrogen and oxygen atoms in total. The summed E-state index contributed by atoms with van der Waals surface area (Å²) in [6.45, 7) is 6.41. The molecule has 0 bridgehead atoms. The molecule has 0 aromatic rings. The van der Waals surface area contributed by atoms with Crippen LogP contribution in [0, 0.1) is 0 Å². The zero-order chi connectivity index (χ0) is 12.2. The van der Waals surface area contributed by atoms with Crippen molar-refractivity contribution in [3.63, 3.8) is 0 Å². The lowest BCUT2D eigenvalue weighted by atomic mass is 10.1. The summed E-state index contributed by atoms with van der Waals surface area (Å²) >= 11 is 0. The maximum absolute atomic E-state index is 2.67. The van der Waals surface area contributed by atoms with Gasteiger partial charge in [-0.1, -0.05) is 64.7 Å². The minimum absolute atomic E-state index is 0. The maximum Gasteiger partial charge on any atom is -0.00187 e. The highest BCUT2D eigenvalue weighted by Gasteiger charge is 2.08. The summed E-state index contributed by atoms with van der Waals surface area (Å²) in [6.07, 6.45) is 17.4. The molecule has 1 rings (SSSR count). The Labute approximate surface area is 121 Å². The summed E-state index contributed by atoms with van der Waals surface area (Å²) in [4.78, 5) is 2.67. The predicted octanol–water partition coefficient (Wildman–Crippen LogP) is 5.42. The fourth-order valence-corrected chi connectivity index (χ4v) is 2.83. The summed E-state index contributed by atoms with van der Waals surface area (Å²) in [5.41, 5.74) is 0. The van der Waals surface area contributed by atoms with Crippen molar-refractivity contribution in [3.8, 4) is 0 Å². The fourth-order valence-electron chi connectivity index (χ4n) is 2.83. The van der Waals surface area contributed by atoms with Crippen molar-refractivity contribution < 1.29 is 0 Å². The van der Waals surface area contributed by atoms with E-state index < -0.39 is 0 Å². The highest BCUT2D eigenvalue weighted by atomic mass is 35.5. The second-order valence-electron chi connectivity index (χ2n) is 5.73. The molecule has 0 unspecified atom stereocenters. The molecular weight excluding hydrogens is 242 g/mol. The van der Waals surface area contributed by atoms with Crippen molar-refractivity contribution in [2.75, 3.05) is 19.6 Å². The van der Waals surface area contributed by atoms with Crippen molar-refractivity contribution in [2.45, 2.75) is 84.0 Å². The van der Waals surface area contributed by atoms with Crippen molar-refractivity contribution in [1.82, 2.24) is 4.90 Å². The topological polar surface area (TPSA) is 3.24 Å². The second-order valence-corrected chi connectivity index (χ2v) is 5.73. The molecular formula is C16H34ClN. The third-order valence-corrected chi connectivity index (χ3v) is 4.03. The van der Waals surface area contributed by atoms with Gasteiger partial charge in [0, 0.05) is 0 Å². The lowest BCUT2D eigenvalue weighted by molar-refractivity contribution is 0.224. The molecule has 1 heterocycles. The van der Waals surface area contributed by atoms with Crippen LogP contribution in [0.2, 0.25) is 0 Å². The van der Waals surface area contributed by atoms with E-state index in [9.17, 15) is 0 Å². The van der Waals surface area contributed by atoms with Crippen LogP contribution in [0.5, 0.6) is 0 Å². The summed E-state index contributed by atoms with van der Waals surface area (Å²) in [7, 11) is 0. The van der Waals surface area contributed by atoms with Gasteiger partial charge in [-0.25, -0.2) is 0 Å². The number of likely N-dealkylation sites (tertiary alicyclic amines) is 1. The highest BCUT2D eigenvalue weighted by Crippen LogP contribution is 2.12. The smallest absolute Gasteiger partial charge is 0.00187 e. The first-order valence-corrected chi connectivity index (χ1v) is 8.16. The SMILES string of the molecule is CCCCCCCCCCCN1CCCCC1.Cl. The van der Waals surface area contributed by atoms with Crippen molar-refractivity contribution in [1.29, 1.82) is 0 Å². The van der Waals surface area contributed by atoms with Gasteiger partial charge in [-0.15, -0.1) is 12.4 Å². The Hall–Kier alpha value is 0.250. The molecule has 0 amide bonds. The van der Waals surface area contributed by atoms with Crippen molar-refractivity contribution in [3.05, 3.63) is 0 Å². The number of halogens is 1. The van der Waals surface area contributed by atoms with E-state index in [0.29, 0.717) is 0 Å². The molecule has 18 heavy (non-hydrogen) atoms. The Morgan fingerprint density at radius 3 is 1.72 bits per heavy atom. The molecule has 1 saturated heterocycles. The molecule has 1 fully saturated rings. The number of hydrogen-bond acceptors (Lipinski definition) is 1. The zero-order valence-electron chi connectivity index (χ0n) is 12.5. The first kappa shape index (κ1) is 18.2. The Balaban J connectivity index is 0.00000289. The monoisotopic (exact) mass is 275 g/mol. The van der Waals surface area contributed by atoms with Gasteiger partial charge in [-0.05, 0) is 38.9 Å². The molecule has 1 aliphatic rings. The summed E-state index contributed by atoms with van der Waals surface area (Å²) < 4.78 is 0. The number of nitrogens with zero attached hydrogens (tertiary/aromatic N) is 1. The van der Waals surface area contributed by atoms with Gasteiger partial charge < -0.3 is 4.90 Å². The van der Waals surface area contributed by atoms with E-state index in [-0.39, 0.29) is 12.4 Å². The molecule has 0 aromatic carbocycles. The minimum atomic E-state index is 0. The quantitative estimate of drug-likeness (QED) is 0.481. The average Bonchev–Trinajstić information content (AvgIpc) is 2.38. The maximum atomic E-state index is 2.67. The van der Waals surface area contributed by atoms with E-state index in [4.69, 9.17) is 0 Å². The normalized spacial score (nSPS) is 16.5. The van der Waals surface area contributed by atoms with Gasteiger partial charge in [0.25, 0.3) is 0 Å². The van der Waals surface area contributed by atoms with Crippen molar-refractivity contribution in [2.24, 2.45) is 0 Å². The van der Waals surface area contributed by atoms with Crippen LogP contribution in [0.4, 0.5) is 0 Å². The summed E-state index contributed by atoms with van der Waals surface area (Å²) in [6, 6.07) is 0. The van der Waals surface area contributed by atoms with E-state index in [1.54, 1.807) is 0 Å². The molecule has 0 radical (unpaired) electrons. The lowest BCUT2D eigenvalue weighted by Crippen LogP contribution is -2.30. The molecule has 0 saturated carbocycles. The molecule has 0 N–H and O–H groups in total. The number of unbranched alkanes of at least 4 members (excludes halogenated alkanes) is 8. The Morgan fingerprint density at radius 1 is 0.667 bits per heavy atom. The van der Waals surface area contributed by atoms with Crippen LogP contribution in [0.3, 0.4) is 0 Å². The Kier molecular flexibility index (Phi) is 13.9. The second kappa shape index (κ2) is 13.7. The van der Waals surface area contributed by atoms with E-state index >= 15 is 0 Å². The van der Waals surface area contributed by atoms with Crippen LogP contribution in [0.15, 0.2) is 0 Å². The predicted molar refractivity (Wildman–Crippen MR) is 84.8 cm³/mol. The van der Waals surface area contributed by atoms with Gasteiger partial charge in [-0.2, -0.15) is 0 Å². The van der Waals surface area contributed by atoms with Gasteiger partial charge in [0.1, 0.15) is 0 Å². The molecule has 0 atom stereocenters. The molecule has 110 valence electrons. The van der Waals surface area contributed by atoms with Crippen LogP contribution >= 0.6 is 12.4 Å². The lowest BCUT2D eigenvalue weighted by Gasteiger charge is -2.26. The number of hydrogen-bond donors (Lipinski definition) is 0. The van der Waals surface area contributed by atoms with Gasteiger partial charge in [0.15, 0.2) is 0 Å². The third-order valence-electron chi connectivity index (χ3n) is 4.03. The largest absolute Gasteiger partial charge is 0.303 e. The van der Waals surface area contributed by atoms with Crippen LogP contribution < -0.4 is 0 Å². The molecule has 0 spiro atoms. The van der Waals surface area contributed by atoms with Gasteiger partial charge in [0.2, 0.25) is 0 Å². The van der Waals surface area contributed by atoms with Crippen LogP contribution in [-0.4, -0.2) is 24.5 Å². The van der Waals surface area contributed by atoms with E-state index in [0.717, 1.165) is 0 Å². The molecule has 0 aliphatic carbocycles. The molecule has 2 heteroatoms. The highest BCUT2D eigenvalue weighted by molar-refractivity contribution is 5.85. The van der Waals surface area contributed by atoms with Gasteiger partial charge in [0.05, 0.1) is 0 Å². The summed E-state index contributed by atoms with van der Waals surface area (Å²) in [5.74, 6) is 0. The number of rotatable bonds is 10. The van der Waals surface area contributed by atoms with Crippen LogP contribution in [0.25, 0.3) is 0 Å². The third kappa shape index (κ3) is 10.2. The van der Waals surface area contributed by atoms with E-state index in [1.807, 2.05) is 0 Å². The Bertz CT molecular complexity index is 155. The van der Waals surface area contributed by atoms with Crippen LogP contribution in [-0.2, 0) is 0 Å². The fraction of sp³-hybridized carbons (Fsp3) is 1.00. The standard InChI is InChI=1S/C16H33N.ClH/c1-2-3-4-5-6-7-8-9-11-14-17-15-12-10-13-16-17;/h2-16H2,1H3;1H. The minimum Gasteiger partial charge on any atom is -0.303 e. The first-order chi connectivity index (χ1) is 8.43. The molecule has 0 aromatic heterocycles. The van der Waals surface area contributed by atoms with Crippen molar-refractivity contribution >= 4 is 12.4 Å². The zero-order valence-corrected chi connectivity index (χ0v) is 13.3. The first-order valence-electron chi connectivity index (χ1n) is 8.16. The number of piperidine rings is 1. The van der Waals surface area contributed by atoms with Gasteiger partial charge >= 0.3 is 0 Å².